The number of nitrogen functional groups attached to an aromatic ring is 1. The second-order valence-electron chi connectivity index (χ2n) is 3.51. The van der Waals surface area contributed by atoms with E-state index in [-0.39, 0.29) is 5.97 Å². The van der Waals surface area contributed by atoms with Crippen LogP contribution in [0, 0.1) is 6.92 Å². The SMILES string of the molecule is C/C=C(/C(=O)OCC)c1ccc(C)cc1N.C=O. The van der Waals surface area contributed by atoms with Gasteiger partial charge >= 0.3 is 5.97 Å². The molecule has 0 aliphatic rings. The first-order valence-electron chi connectivity index (χ1n) is 5.59. The largest absolute Gasteiger partial charge is 0.462 e. The monoisotopic (exact) mass is 249 g/mol. The molecule has 1 rings (SSSR count). The summed E-state index contributed by atoms with van der Waals surface area (Å²) in [7, 11) is 0. The molecule has 1 aromatic carbocycles. The van der Waals surface area contributed by atoms with Gasteiger partial charge in [-0.3, -0.25) is 0 Å². The Bertz CT molecular complexity index is 439. The Hall–Kier alpha value is -2.10. The third kappa shape index (κ3) is 4.05. The third-order valence-corrected chi connectivity index (χ3v) is 2.28. The Morgan fingerprint density at radius 3 is 2.50 bits per heavy atom. The molecule has 4 nitrogen and oxygen atoms in total. The highest BCUT2D eigenvalue weighted by Crippen LogP contribution is 2.23. The molecule has 0 amide bonds. The van der Waals surface area contributed by atoms with Crippen molar-refractivity contribution in [2.24, 2.45) is 0 Å². The minimum absolute atomic E-state index is 0.333. The fourth-order valence-corrected chi connectivity index (χ4v) is 1.52. The number of hydrogen-bond donors (Lipinski definition) is 1. The topological polar surface area (TPSA) is 69.4 Å². The van der Waals surface area contributed by atoms with Crippen LogP contribution >= 0.6 is 0 Å². The van der Waals surface area contributed by atoms with Crippen molar-refractivity contribution in [3.05, 3.63) is 35.4 Å². The Morgan fingerprint density at radius 2 is 2.06 bits per heavy atom. The first kappa shape index (κ1) is 15.9. The highest BCUT2D eigenvalue weighted by molar-refractivity contribution is 6.17. The normalized spacial score (nSPS) is 10.3. The van der Waals surface area contributed by atoms with Gasteiger partial charge in [0.25, 0.3) is 0 Å². The molecule has 0 aliphatic heterocycles. The summed E-state index contributed by atoms with van der Waals surface area (Å²) in [6, 6.07) is 5.61. The molecule has 0 saturated carbocycles. The number of benzene rings is 1. The van der Waals surface area contributed by atoms with Crippen LogP contribution in [0.1, 0.15) is 25.0 Å². The van der Waals surface area contributed by atoms with Crippen molar-refractivity contribution >= 4 is 24.0 Å². The molecule has 0 aliphatic carbocycles. The fourth-order valence-electron chi connectivity index (χ4n) is 1.52. The molecule has 0 bridgehead atoms. The zero-order valence-corrected chi connectivity index (χ0v) is 11.0. The van der Waals surface area contributed by atoms with E-state index >= 15 is 0 Å². The first-order chi connectivity index (χ1) is 8.60. The Balaban J connectivity index is 0.00000137. The van der Waals surface area contributed by atoms with Crippen LogP contribution in [0.5, 0.6) is 0 Å². The summed E-state index contributed by atoms with van der Waals surface area (Å²) in [6.07, 6.45) is 1.72. The van der Waals surface area contributed by atoms with E-state index < -0.39 is 0 Å². The van der Waals surface area contributed by atoms with Gasteiger partial charge in [-0.1, -0.05) is 18.2 Å². The maximum absolute atomic E-state index is 11.7. The molecule has 2 N–H and O–H groups in total. The molecule has 98 valence electrons. The van der Waals surface area contributed by atoms with Crippen LogP contribution in [-0.4, -0.2) is 19.4 Å². The first-order valence-corrected chi connectivity index (χ1v) is 5.59. The zero-order chi connectivity index (χ0) is 14.1. The highest BCUT2D eigenvalue weighted by atomic mass is 16.5. The van der Waals surface area contributed by atoms with Gasteiger partial charge in [0.15, 0.2) is 0 Å². The van der Waals surface area contributed by atoms with Crippen LogP contribution in [-0.2, 0) is 14.3 Å². The number of hydrogen-bond acceptors (Lipinski definition) is 4. The summed E-state index contributed by atoms with van der Waals surface area (Å²) < 4.78 is 4.97. The van der Waals surface area contributed by atoms with E-state index in [0.717, 1.165) is 11.1 Å². The number of allylic oxidation sites excluding steroid dienone is 1. The van der Waals surface area contributed by atoms with Crippen LogP contribution in [0.4, 0.5) is 5.69 Å². The van der Waals surface area contributed by atoms with Crippen molar-refractivity contribution in [3.63, 3.8) is 0 Å². The average Bonchev–Trinajstić information content (AvgIpc) is 2.35. The van der Waals surface area contributed by atoms with Crippen LogP contribution < -0.4 is 5.73 Å². The Kier molecular flexibility index (Phi) is 7.12. The van der Waals surface area contributed by atoms with E-state index in [1.54, 1.807) is 19.9 Å². The number of nitrogens with two attached hydrogens (primary N) is 1. The number of aryl methyl sites for hydroxylation is 1. The molecule has 18 heavy (non-hydrogen) atoms. The summed E-state index contributed by atoms with van der Waals surface area (Å²) >= 11 is 0. The number of carbonyl (C=O) groups excluding carboxylic acids is 2. The average molecular weight is 249 g/mol. The lowest BCUT2D eigenvalue weighted by atomic mass is 10.0. The molecule has 0 aromatic heterocycles. The van der Waals surface area contributed by atoms with E-state index in [4.69, 9.17) is 15.3 Å². The quantitative estimate of drug-likeness (QED) is 0.507. The number of ether oxygens (including phenoxy) is 1. The van der Waals surface area contributed by atoms with Crippen molar-refractivity contribution < 1.29 is 14.3 Å². The number of anilines is 1. The molecule has 4 heteroatoms. The van der Waals surface area contributed by atoms with Gasteiger partial charge in [-0.25, -0.2) is 4.79 Å². The maximum atomic E-state index is 11.7. The van der Waals surface area contributed by atoms with Crippen molar-refractivity contribution in [2.75, 3.05) is 12.3 Å². The summed E-state index contributed by atoms with van der Waals surface area (Å²) in [5, 5.41) is 0. The van der Waals surface area contributed by atoms with Crippen LogP contribution in [0.25, 0.3) is 5.57 Å². The smallest absolute Gasteiger partial charge is 0.338 e. The molecular formula is C14H19NO3. The summed E-state index contributed by atoms with van der Waals surface area (Å²) in [6.45, 7) is 7.90. The lowest BCUT2D eigenvalue weighted by Gasteiger charge is -2.09. The van der Waals surface area contributed by atoms with Gasteiger partial charge in [0, 0.05) is 11.3 Å². The van der Waals surface area contributed by atoms with E-state index in [9.17, 15) is 4.79 Å². The molecule has 0 radical (unpaired) electrons. The lowest BCUT2D eigenvalue weighted by molar-refractivity contribution is -0.136. The van der Waals surface area contributed by atoms with Crippen LogP contribution in [0.15, 0.2) is 24.3 Å². The van der Waals surface area contributed by atoms with E-state index in [1.807, 2.05) is 31.9 Å². The van der Waals surface area contributed by atoms with Gasteiger partial charge in [-0.2, -0.15) is 0 Å². The highest BCUT2D eigenvalue weighted by Gasteiger charge is 2.14. The minimum Gasteiger partial charge on any atom is -0.462 e. The third-order valence-electron chi connectivity index (χ3n) is 2.28. The zero-order valence-electron chi connectivity index (χ0n) is 11.0. The van der Waals surface area contributed by atoms with Gasteiger partial charge in [0.1, 0.15) is 6.79 Å². The van der Waals surface area contributed by atoms with Crippen LogP contribution in [0.2, 0.25) is 0 Å². The lowest BCUT2D eigenvalue weighted by Crippen LogP contribution is -2.08. The van der Waals surface area contributed by atoms with Gasteiger partial charge < -0.3 is 15.3 Å². The van der Waals surface area contributed by atoms with Gasteiger partial charge in [0.2, 0.25) is 0 Å². The van der Waals surface area contributed by atoms with E-state index in [1.165, 1.54) is 0 Å². The van der Waals surface area contributed by atoms with Gasteiger partial charge in [-0.05, 0) is 32.4 Å². The molecule has 1 aromatic rings. The summed E-state index contributed by atoms with van der Waals surface area (Å²) in [4.78, 5) is 19.7. The standard InChI is InChI=1S/C13H17NO2.CH2O/c1-4-10(13(15)16-5-2)11-7-6-9(3)8-12(11)14;1-2/h4,6-8H,5,14H2,1-3H3;1H2/b10-4+;. The van der Waals surface area contributed by atoms with Crippen molar-refractivity contribution in [3.8, 4) is 0 Å². The minimum atomic E-state index is -0.333. The molecule has 0 saturated heterocycles. The predicted molar refractivity (Wildman–Crippen MR) is 73.0 cm³/mol. The summed E-state index contributed by atoms with van der Waals surface area (Å²) in [5.74, 6) is -0.333. The Morgan fingerprint density at radius 1 is 1.44 bits per heavy atom. The molecule has 0 fully saturated rings. The van der Waals surface area contributed by atoms with Crippen LogP contribution in [0.3, 0.4) is 0 Å². The molecule has 0 spiro atoms. The summed E-state index contributed by atoms with van der Waals surface area (Å²) in [5.41, 5.74) is 8.79. The van der Waals surface area contributed by atoms with E-state index in [0.29, 0.717) is 17.9 Å². The second kappa shape index (κ2) is 8.06. The molecular weight excluding hydrogens is 230 g/mol. The Labute approximate surface area is 107 Å². The van der Waals surface area contributed by atoms with Crippen molar-refractivity contribution in [1.29, 1.82) is 0 Å². The second-order valence-corrected chi connectivity index (χ2v) is 3.51. The molecule has 0 unspecified atom stereocenters. The van der Waals surface area contributed by atoms with Crippen molar-refractivity contribution in [1.82, 2.24) is 0 Å². The molecule has 0 heterocycles. The fraction of sp³-hybridized carbons (Fsp3) is 0.286. The van der Waals surface area contributed by atoms with Gasteiger partial charge in [0.05, 0.1) is 12.2 Å². The van der Waals surface area contributed by atoms with E-state index in [2.05, 4.69) is 0 Å². The molecule has 0 atom stereocenters. The number of carbonyl (C=O) groups is 2. The van der Waals surface area contributed by atoms with Gasteiger partial charge in [-0.15, -0.1) is 0 Å². The predicted octanol–water partition coefficient (Wildman–Crippen LogP) is 2.36. The number of esters is 1. The van der Waals surface area contributed by atoms with Crippen molar-refractivity contribution in [2.45, 2.75) is 20.8 Å². The number of rotatable bonds is 3. The maximum Gasteiger partial charge on any atom is 0.338 e.